The lowest BCUT2D eigenvalue weighted by molar-refractivity contribution is 0.115. The topological polar surface area (TPSA) is 20.2 Å². The predicted octanol–water partition coefficient (Wildman–Crippen LogP) is 11.0. The fourth-order valence-electron chi connectivity index (χ4n) is 4.58. The summed E-state index contributed by atoms with van der Waals surface area (Å²) < 4.78 is 0. The van der Waals surface area contributed by atoms with Crippen molar-refractivity contribution in [3.8, 4) is 0 Å². The van der Waals surface area contributed by atoms with Gasteiger partial charge in [-0.05, 0) is 43.4 Å². The van der Waals surface area contributed by atoms with E-state index >= 15 is 0 Å². The molecule has 2 aliphatic carbocycles. The largest absolute Gasteiger partial charge is 0.392 e. The Balaban J connectivity index is -0.000000201. The Morgan fingerprint density at radius 1 is 0.781 bits per heavy atom. The summed E-state index contributed by atoms with van der Waals surface area (Å²) in [5.74, 6) is 3.03. The highest BCUT2D eigenvalue weighted by Crippen LogP contribution is 2.32. The van der Waals surface area contributed by atoms with Gasteiger partial charge in [0.1, 0.15) is 0 Å². The van der Waals surface area contributed by atoms with E-state index in [0.29, 0.717) is 11.8 Å². The third-order valence-corrected chi connectivity index (χ3v) is 6.53. The van der Waals surface area contributed by atoms with Gasteiger partial charge in [0.05, 0.1) is 6.10 Å². The van der Waals surface area contributed by atoms with Gasteiger partial charge in [-0.15, -0.1) is 13.2 Å². The standard InChI is InChI=1S/C14H26O.C10H20.2C2H6.C2H4.CH4/c1-3-4-5-6-7-8-9-13-11-10-12(2)14(13)15;1-3-6-10-8-5-4-7-9(10)2;3*1-2;/h8-9,12-15H,3-7,10-11H2,1-2H3;9-10H,3-8H2,1-2H3;2*1-2H3;1-2H2;1H4/b9-8+;;;;;. The first-order chi connectivity index (χ1) is 15.1. The zero-order valence-electron chi connectivity index (χ0n) is 23.1. The fraction of sp³-hybridized carbons (Fsp3) is 0.871. The summed E-state index contributed by atoms with van der Waals surface area (Å²) in [4.78, 5) is 0. The summed E-state index contributed by atoms with van der Waals surface area (Å²) in [6.45, 7) is 23.1. The van der Waals surface area contributed by atoms with E-state index in [4.69, 9.17) is 0 Å². The maximum Gasteiger partial charge on any atom is 0.0628 e. The minimum atomic E-state index is -0.0862. The van der Waals surface area contributed by atoms with Crippen molar-refractivity contribution in [1.82, 2.24) is 0 Å². The Bertz CT molecular complexity index is 346. The second-order valence-electron chi connectivity index (χ2n) is 8.80. The molecule has 0 aliphatic heterocycles. The third-order valence-electron chi connectivity index (χ3n) is 6.53. The first kappa shape index (κ1) is 38.7. The maximum atomic E-state index is 9.85. The minimum Gasteiger partial charge on any atom is -0.392 e. The molecule has 0 amide bonds. The van der Waals surface area contributed by atoms with E-state index in [1.54, 1.807) is 0 Å². The van der Waals surface area contributed by atoms with Crippen LogP contribution in [0, 0.1) is 23.7 Å². The van der Waals surface area contributed by atoms with E-state index in [0.717, 1.165) is 11.8 Å². The molecule has 196 valence electrons. The molecule has 5 unspecified atom stereocenters. The molecule has 5 atom stereocenters. The molecule has 2 rings (SSSR count). The molecule has 1 N–H and O–H groups in total. The normalized spacial score (nSPS) is 26.0. The van der Waals surface area contributed by atoms with Crippen molar-refractivity contribution in [1.29, 1.82) is 0 Å². The van der Waals surface area contributed by atoms with Crippen LogP contribution in [0.2, 0.25) is 0 Å². The lowest BCUT2D eigenvalue weighted by Gasteiger charge is -2.28. The molecule has 0 radical (unpaired) electrons. The van der Waals surface area contributed by atoms with Gasteiger partial charge in [0.2, 0.25) is 0 Å². The van der Waals surface area contributed by atoms with Crippen LogP contribution >= 0.6 is 0 Å². The molecule has 0 aromatic heterocycles. The maximum absolute atomic E-state index is 9.85. The SMILES string of the molecule is C.C=C.CC.CC.CCCC1CCCCC1C.CCCCCC/C=C/C1CCC(C)C1O. The van der Waals surface area contributed by atoms with Gasteiger partial charge in [-0.3, -0.25) is 0 Å². The van der Waals surface area contributed by atoms with Crippen LogP contribution in [0.25, 0.3) is 0 Å². The summed E-state index contributed by atoms with van der Waals surface area (Å²) in [6.07, 6.45) is 22.2. The Hall–Kier alpha value is -0.560. The van der Waals surface area contributed by atoms with Crippen LogP contribution in [0.1, 0.15) is 146 Å². The second-order valence-corrected chi connectivity index (χ2v) is 8.80. The molecule has 0 aromatic rings. The van der Waals surface area contributed by atoms with E-state index in [-0.39, 0.29) is 13.5 Å². The van der Waals surface area contributed by atoms with Crippen molar-refractivity contribution in [2.75, 3.05) is 0 Å². The zero-order chi connectivity index (χ0) is 24.5. The predicted molar refractivity (Wildman–Crippen MR) is 153 cm³/mol. The van der Waals surface area contributed by atoms with Crippen LogP contribution in [0.15, 0.2) is 25.3 Å². The van der Waals surface area contributed by atoms with Gasteiger partial charge in [0.25, 0.3) is 0 Å². The van der Waals surface area contributed by atoms with E-state index < -0.39 is 0 Å². The van der Waals surface area contributed by atoms with Gasteiger partial charge >= 0.3 is 0 Å². The monoisotopic (exact) mass is 455 g/mol. The van der Waals surface area contributed by atoms with Crippen molar-refractivity contribution in [3.05, 3.63) is 25.3 Å². The number of hydrogen-bond acceptors (Lipinski definition) is 1. The van der Waals surface area contributed by atoms with Crippen LogP contribution in [-0.2, 0) is 0 Å². The lowest BCUT2D eigenvalue weighted by Crippen LogP contribution is -2.16. The van der Waals surface area contributed by atoms with Gasteiger partial charge in [-0.25, -0.2) is 0 Å². The summed E-state index contributed by atoms with van der Waals surface area (Å²) in [5.41, 5.74) is 0. The average Bonchev–Trinajstić information content (AvgIpc) is 3.14. The van der Waals surface area contributed by atoms with Crippen LogP contribution in [0.3, 0.4) is 0 Å². The van der Waals surface area contributed by atoms with Crippen LogP contribution in [0.5, 0.6) is 0 Å². The van der Waals surface area contributed by atoms with E-state index in [1.807, 2.05) is 27.7 Å². The van der Waals surface area contributed by atoms with Gasteiger partial charge in [0.15, 0.2) is 0 Å². The smallest absolute Gasteiger partial charge is 0.0628 e. The highest BCUT2D eigenvalue weighted by molar-refractivity contribution is 4.97. The number of aliphatic hydroxyl groups excluding tert-OH is 1. The summed E-state index contributed by atoms with van der Waals surface area (Å²) in [6, 6.07) is 0. The summed E-state index contributed by atoms with van der Waals surface area (Å²) >= 11 is 0. The quantitative estimate of drug-likeness (QED) is 0.285. The molecule has 1 nitrogen and oxygen atoms in total. The highest BCUT2D eigenvalue weighted by Gasteiger charge is 2.29. The van der Waals surface area contributed by atoms with Gasteiger partial charge in [-0.1, -0.05) is 133 Å². The number of unbranched alkanes of at least 4 members (excludes halogenated alkanes) is 4. The number of rotatable bonds is 8. The summed E-state index contributed by atoms with van der Waals surface area (Å²) in [7, 11) is 0. The molecular formula is C31H66O. The third kappa shape index (κ3) is 20.1. The number of aliphatic hydroxyl groups is 1. The molecule has 0 aromatic carbocycles. The van der Waals surface area contributed by atoms with E-state index in [9.17, 15) is 5.11 Å². The molecule has 2 saturated carbocycles. The van der Waals surface area contributed by atoms with E-state index in [1.165, 1.54) is 83.5 Å². The zero-order valence-corrected chi connectivity index (χ0v) is 23.1. The Morgan fingerprint density at radius 2 is 1.38 bits per heavy atom. The molecule has 2 aliphatic rings. The lowest BCUT2D eigenvalue weighted by atomic mass is 9.78. The Morgan fingerprint density at radius 3 is 1.84 bits per heavy atom. The van der Waals surface area contributed by atoms with Crippen LogP contribution in [0.4, 0.5) is 0 Å². The van der Waals surface area contributed by atoms with Crippen molar-refractivity contribution in [2.24, 2.45) is 23.7 Å². The molecule has 2 fully saturated rings. The molecule has 0 spiro atoms. The molecule has 1 heteroatoms. The van der Waals surface area contributed by atoms with Crippen molar-refractivity contribution < 1.29 is 5.11 Å². The van der Waals surface area contributed by atoms with Crippen molar-refractivity contribution in [2.45, 2.75) is 152 Å². The second kappa shape index (κ2) is 30.4. The first-order valence-electron chi connectivity index (χ1n) is 13.9. The average molecular weight is 455 g/mol. The van der Waals surface area contributed by atoms with Gasteiger partial charge in [-0.2, -0.15) is 0 Å². The Kier molecular flexibility index (Phi) is 36.8. The first-order valence-corrected chi connectivity index (χ1v) is 13.9. The van der Waals surface area contributed by atoms with Crippen LogP contribution < -0.4 is 0 Å². The number of allylic oxidation sites excluding steroid dienone is 1. The van der Waals surface area contributed by atoms with E-state index in [2.05, 4.69) is 53.0 Å². The summed E-state index contributed by atoms with van der Waals surface area (Å²) in [5, 5.41) is 9.85. The molecular weight excluding hydrogens is 388 g/mol. The molecule has 0 heterocycles. The molecule has 0 bridgehead atoms. The van der Waals surface area contributed by atoms with Gasteiger partial charge in [0, 0.05) is 5.92 Å². The minimum absolute atomic E-state index is 0. The van der Waals surface area contributed by atoms with Crippen molar-refractivity contribution in [3.63, 3.8) is 0 Å². The van der Waals surface area contributed by atoms with Gasteiger partial charge < -0.3 is 5.11 Å². The van der Waals surface area contributed by atoms with Crippen molar-refractivity contribution >= 4 is 0 Å². The fourth-order valence-corrected chi connectivity index (χ4v) is 4.58. The molecule has 32 heavy (non-hydrogen) atoms. The number of hydrogen-bond donors (Lipinski definition) is 1. The Labute approximate surface area is 206 Å². The highest BCUT2D eigenvalue weighted by atomic mass is 16.3. The van der Waals surface area contributed by atoms with Crippen LogP contribution in [-0.4, -0.2) is 11.2 Å². The molecule has 0 saturated heterocycles.